The molecule has 0 amide bonds. The van der Waals surface area contributed by atoms with Crippen LogP contribution in [0.2, 0.25) is 0 Å². The van der Waals surface area contributed by atoms with Gasteiger partial charge in [-0.1, -0.05) is 171 Å². The third-order valence-electron chi connectivity index (χ3n) is 17.5. The number of para-hydroxylation sites is 2. The van der Waals surface area contributed by atoms with Crippen molar-refractivity contribution >= 4 is 49.8 Å². The molecule has 6 atom stereocenters. The van der Waals surface area contributed by atoms with E-state index >= 15 is 0 Å². The van der Waals surface area contributed by atoms with Gasteiger partial charge < -0.3 is 9.32 Å². The van der Waals surface area contributed by atoms with E-state index in [0.29, 0.717) is 23.7 Å². The maximum Gasteiger partial charge on any atom is 0.143 e. The molecule has 2 heteroatoms. The van der Waals surface area contributed by atoms with Crippen molar-refractivity contribution in [1.82, 2.24) is 0 Å². The van der Waals surface area contributed by atoms with Gasteiger partial charge in [0.1, 0.15) is 11.2 Å². The van der Waals surface area contributed by atoms with Crippen LogP contribution < -0.4 is 4.90 Å². The van der Waals surface area contributed by atoms with Gasteiger partial charge in [-0.25, -0.2) is 0 Å². The summed E-state index contributed by atoms with van der Waals surface area (Å²) in [6, 6.07) is 76.3. The fraction of sp³-hybridized carbons (Fsp3) is 0.188. The van der Waals surface area contributed by atoms with E-state index in [0.717, 1.165) is 44.7 Å². The monoisotopic (exact) mass is 847 g/mol. The Morgan fingerprint density at radius 2 is 1.09 bits per heavy atom. The molecule has 2 bridgehead atoms. The zero-order chi connectivity index (χ0) is 43.3. The third kappa shape index (κ3) is 4.67. The average Bonchev–Trinajstić information content (AvgIpc) is 4.07. The normalized spacial score (nSPS) is 23.6. The highest BCUT2D eigenvalue weighted by Crippen LogP contribution is 2.77. The van der Waals surface area contributed by atoms with Gasteiger partial charge >= 0.3 is 0 Å². The lowest BCUT2D eigenvalue weighted by atomic mass is 9.53. The molecule has 3 saturated carbocycles. The minimum absolute atomic E-state index is 0.0899. The lowest BCUT2D eigenvalue weighted by Crippen LogP contribution is -2.46. The number of hydrogen-bond donors (Lipinski definition) is 0. The molecule has 2 spiro atoms. The van der Waals surface area contributed by atoms with Gasteiger partial charge in [-0.2, -0.15) is 0 Å². The van der Waals surface area contributed by atoms with Gasteiger partial charge in [-0.15, -0.1) is 0 Å². The van der Waals surface area contributed by atoms with Gasteiger partial charge in [0.25, 0.3) is 0 Å². The Labute approximate surface area is 386 Å². The van der Waals surface area contributed by atoms with Gasteiger partial charge in [0.15, 0.2) is 0 Å². The van der Waals surface area contributed by atoms with Crippen LogP contribution in [0.1, 0.15) is 71.9 Å². The van der Waals surface area contributed by atoms with Crippen LogP contribution in [-0.4, -0.2) is 0 Å². The van der Waals surface area contributed by atoms with Crippen molar-refractivity contribution in [2.75, 3.05) is 4.90 Å². The lowest BCUT2D eigenvalue weighted by Gasteiger charge is -2.51. The Balaban J connectivity index is 1.04. The first-order valence-corrected chi connectivity index (χ1v) is 24.3. The van der Waals surface area contributed by atoms with Crippen molar-refractivity contribution in [3.63, 3.8) is 0 Å². The van der Waals surface area contributed by atoms with Crippen LogP contribution >= 0.6 is 0 Å². The largest absolute Gasteiger partial charge is 0.455 e. The molecular formula is C64H49NO. The van der Waals surface area contributed by atoms with E-state index in [2.05, 4.69) is 212 Å². The van der Waals surface area contributed by atoms with E-state index in [-0.39, 0.29) is 5.41 Å². The maximum atomic E-state index is 6.66. The van der Waals surface area contributed by atoms with Crippen molar-refractivity contribution in [2.24, 2.45) is 23.7 Å². The van der Waals surface area contributed by atoms with Gasteiger partial charge in [-0.3, -0.25) is 0 Å². The van der Waals surface area contributed by atoms with E-state index in [9.17, 15) is 0 Å². The van der Waals surface area contributed by atoms with Crippen LogP contribution in [0.4, 0.5) is 17.1 Å². The highest BCUT2D eigenvalue weighted by Gasteiger charge is 2.70. The predicted molar refractivity (Wildman–Crippen MR) is 271 cm³/mol. The first-order valence-electron chi connectivity index (χ1n) is 24.3. The summed E-state index contributed by atoms with van der Waals surface area (Å²) in [4.78, 5) is 2.56. The molecule has 4 unspecified atom stereocenters. The fourth-order valence-electron chi connectivity index (χ4n) is 15.5. The van der Waals surface area contributed by atoms with Gasteiger partial charge in [0.2, 0.25) is 0 Å². The number of nitrogens with zero attached hydrogens (tertiary/aromatic N) is 1. The first kappa shape index (κ1) is 37.1. The molecule has 9 aromatic carbocycles. The van der Waals surface area contributed by atoms with Crippen LogP contribution in [0.25, 0.3) is 55.0 Å². The number of hydrogen-bond acceptors (Lipinski definition) is 2. The molecule has 0 saturated heterocycles. The van der Waals surface area contributed by atoms with E-state index in [1.165, 1.54) is 81.2 Å². The highest BCUT2D eigenvalue weighted by molar-refractivity contribution is 6.10. The second-order valence-electron chi connectivity index (χ2n) is 20.4. The summed E-state index contributed by atoms with van der Waals surface area (Å²) in [5, 5.41) is 4.75. The van der Waals surface area contributed by atoms with E-state index < -0.39 is 5.41 Å². The van der Waals surface area contributed by atoms with Crippen LogP contribution in [-0.2, 0) is 10.8 Å². The Morgan fingerprint density at radius 1 is 0.470 bits per heavy atom. The summed E-state index contributed by atoms with van der Waals surface area (Å²) in [5.41, 5.74) is 18.9. The molecule has 0 aliphatic heterocycles. The maximum absolute atomic E-state index is 6.66. The first-order chi connectivity index (χ1) is 32.6. The van der Waals surface area contributed by atoms with Crippen molar-refractivity contribution in [3.05, 3.63) is 234 Å². The van der Waals surface area contributed by atoms with Gasteiger partial charge in [0.05, 0.1) is 11.1 Å². The number of benzene rings is 9. The summed E-state index contributed by atoms with van der Waals surface area (Å²) in [6.45, 7) is 2.54. The van der Waals surface area contributed by atoms with Gasteiger partial charge in [-0.05, 0) is 147 Å². The molecule has 1 heterocycles. The Morgan fingerprint density at radius 3 is 1.91 bits per heavy atom. The molecule has 316 valence electrons. The van der Waals surface area contributed by atoms with Crippen molar-refractivity contribution in [1.29, 1.82) is 0 Å². The molecule has 66 heavy (non-hydrogen) atoms. The quantitative estimate of drug-likeness (QED) is 0.175. The minimum atomic E-state index is -0.489. The third-order valence-corrected chi connectivity index (χ3v) is 17.5. The molecular weight excluding hydrogens is 799 g/mol. The molecule has 5 aliphatic carbocycles. The molecule has 0 radical (unpaired) electrons. The SMILES string of the molecule is CC1C[C@@H]2CC3C[C@H](C1)C21c2ccc(N(c4cccc(-c5cccc6c5oc5ccccc56)c4)c4cccc5ccccc45)cc2C2(c4ccccc4-c4ccccc42)c2ccccc2C31. The topological polar surface area (TPSA) is 16.4 Å². The number of furan rings is 1. The molecule has 1 aromatic heterocycles. The van der Waals surface area contributed by atoms with Gasteiger partial charge in [0, 0.05) is 38.5 Å². The molecule has 5 aliphatic rings. The second kappa shape index (κ2) is 13.5. The van der Waals surface area contributed by atoms with Crippen molar-refractivity contribution in [2.45, 2.75) is 49.4 Å². The summed E-state index contributed by atoms with van der Waals surface area (Å²) < 4.78 is 6.66. The van der Waals surface area contributed by atoms with E-state index in [4.69, 9.17) is 4.42 Å². The second-order valence-corrected chi connectivity index (χ2v) is 20.4. The minimum Gasteiger partial charge on any atom is -0.455 e. The molecule has 2 nitrogen and oxygen atoms in total. The predicted octanol–water partition coefficient (Wildman–Crippen LogP) is 16.7. The fourth-order valence-corrected chi connectivity index (χ4v) is 15.5. The van der Waals surface area contributed by atoms with Crippen LogP contribution in [0.5, 0.6) is 0 Å². The van der Waals surface area contributed by atoms with E-state index in [1.54, 1.807) is 11.1 Å². The number of anilines is 3. The smallest absolute Gasteiger partial charge is 0.143 e. The number of fused-ring (bicyclic) bond motifs is 13. The van der Waals surface area contributed by atoms with Crippen molar-refractivity contribution < 1.29 is 4.42 Å². The molecule has 0 N–H and O–H groups in total. The van der Waals surface area contributed by atoms with Crippen molar-refractivity contribution in [3.8, 4) is 22.3 Å². The highest BCUT2D eigenvalue weighted by atomic mass is 16.3. The van der Waals surface area contributed by atoms with Crippen LogP contribution in [0.3, 0.4) is 0 Å². The zero-order valence-corrected chi connectivity index (χ0v) is 37.1. The van der Waals surface area contributed by atoms with E-state index in [1.807, 2.05) is 0 Å². The zero-order valence-electron chi connectivity index (χ0n) is 37.1. The van der Waals surface area contributed by atoms with Crippen LogP contribution in [0.15, 0.2) is 205 Å². The lowest BCUT2D eigenvalue weighted by molar-refractivity contribution is 0.0823. The summed E-state index contributed by atoms with van der Waals surface area (Å²) in [5.74, 6) is 3.30. The Hall–Kier alpha value is -7.16. The average molecular weight is 848 g/mol. The summed E-state index contributed by atoms with van der Waals surface area (Å²) >= 11 is 0. The van der Waals surface area contributed by atoms with Crippen LogP contribution in [0, 0.1) is 23.7 Å². The summed E-state index contributed by atoms with van der Waals surface area (Å²) in [7, 11) is 0. The molecule has 10 aromatic rings. The Bertz CT molecular complexity index is 3580. The Kier molecular flexibility index (Phi) is 7.56. The summed E-state index contributed by atoms with van der Waals surface area (Å²) in [6.07, 6.45) is 5.32. The standard InChI is InChI=1S/C64H49NO/c1-39-33-43-35-42-36-44(34-39)63(43)57-32-31-46(38-58(57)64(56-28-10-6-23-53(56)61(42)63)54-26-8-4-20-49(54)50-21-5-9-27-55(50)64)65(59-29-13-16-40-15-2-3-19-47(40)59)45-18-12-17-41(37-45)48-24-14-25-52-51-22-7-11-30-60(51)66-62(48)52/h2-32,37-39,42-44,61H,33-36H2,1H3/t39?,42?,43-,44+,61?,63?. The molecule has 15 rings (SSSR count). The number of rotatable bonds is 4. The molecule has 3 fully saturated rings.